The number of aryl methyl sites for hydroxylation is 1. The number of furan rings is 1. The number of carbonyl (C=O) groups excluding carboxylic acids is 1. The van der Waals surface area contributed by atoms with E-state index in [0.29, 0.717) is 11.1 Å². The zero-order valence-corrected chi connectivity index (χ0v) is 18.4. The summed E-state index contributed by atoms with van der Waals surface area (Å²) in [6.45, 7) is 5.57. The number of rotatable bonds is 6. The van der Waals surface area contributed by atoms with Gasteiger partial charge in [0.25, 0.3) is 5.91 Å². The number of nitrogens with one attached hydrogen (secondary N) is 2. The Balaban J connectivity index is 1.57. The van der Waals surface area contributed by atoms with Crippen molar-refractivity contribution in [3.63, 3.8) is 0 Å². The van der Waals surface area contributed by atoms with E-state index in [9.17, 15) is 13.2 Å². The molecule has 7 heteroatoms. The van der Waals surface area contributed by atoms with Gasteiger partial charge in [0.05, 0.1) is 4.90 Å². The first-order valence-electron chi connectivity index (χ1n) is 10.1. The third-order valence-corrected chi connectivity index (χ3v) is 6.74. The van der Waals surface area contributed by atoms with E-state index in [4.69, 9.17) is 4.42 Å². The van der Waals surface area contributed by atoms with Crippen molar-refractivity contribution in [2.75, 3.05) is 0 Å². The van der Waals surface area contributed by atoms with E-state index in [1.807, 2.05) is 43.3 Å². The van der Waals surface area contributed by atoms with Gasteiger partial charge < -0.3 is 9.73 Å². The zero-order chi connectivity index (χ0) is 22.2. The van der Waals surface area contributed by atoms with Crippen LogP contribution in [-0.4, -0.2) is 20.4 Å². The fraction of sp³-hybridized carbons (Fsp3) is 0.208. The summed E-state index contributed by atoms with van der Waals surface area (Å²) in [4.78, 5) is 13.0. The summed E-state index contributed by atoms with van der Waals surface area (Å²) in [7, 11) is -3.60. The van der Waals surface area contributed by atoms with Crippen molar-refractivity contribution in [2.45, 2.75) is 38.3 Å². The maximum absolute atomic E-state index is 12.8. The average molecular weight is 437 g/mol. The third kappa shape index (κ3) is 4.19. The number of hydrogen-bond donors (Lipinski definition) is 2. The molecule has 3 aromatic carbocycles. The van der Waals surface area contributed by atoms with Gasteiger partial charge in [0.2, 0.25) is 10.0 Å². The molecular formula is C24H24N2O4S. The Morgan fingerprint density at radius 3 is 2.55 bits per heavy atom. The van der Waals surface area contributed by atoms with E-state index in [2.05, 4.69) is 10.0 Å². The Morgan fingerprint density at radius 1 is 1.00 bits per heavy atom. The molecule has 0 saturated heterocycles. The summed E-state index contributed by atoms with van der Waals surface area (Å²) in [6, 6.07) is 18.2. The van der Waals surface area contributed by atoms with Crippen LogP contribution in [0.5, 0.6) is 0 Å². The Labute approximate surface area is 181 Å². The fourth-order valence-electron chi connectivity index (χ4n) is 3.63. The smallest absolute Gasteiger partial charge is 0.287 e. The van der Waals surface area contributed by atoms with E-state index in [1.165, 1.54) is 6.07 Å². The minimum atomic E-state index is -3.60. The summed E-state index contributed by atoms with van der Waals surface area (Å²) in [5.41, 5.74) is 2.14. The van der Waals surface area contributed by atoms with Gasteiger partial charge in [0, 0.05) is 28.9 Å². The van der Waals surface area contributed by atoms with Gasteiger partial charge >= 0.3 is 0 Å². The topological polar surface area (TPSA) is 88.4 Å². The second-order valence-corrected chi connectivity index (χ2v) is 9.54. The van der Waals surface area contributed by atoms with Gasteiger partial charge in [-0.15, -0.1) is 0 Å². The molecule has 1 aromatic heterocycles. The zero-order valence-electron chi connectivity index (χ0n) is 17.6. The summed E-state index contributed by atoms with van der Waals surface area (Å²) in [6.07, 6.45) is 0. The van der Waals surface area contributed by atoms with Crippen molar-refractivity contribution >= 4 is 37.7 Å². The number of benzene rings is 3. The molecule has 0 saturated carbocycles. The molecule has 1 heterocycles. The normalized spacial score (nSPS) is 12.0. The molecule has 4 aromatic rings. The first-order chi connectivity index (χ1) is 14.8. The van der Waals surface area contributed by atoms with Crippen LogP contribution in [0.4, 0.5) is 0 Å². The SMILES string of the molecule is Cc1c(C(=O)NCc2cccc(S(=O)(=O)NC(C)C)c2)oc2c1ccc1ccccc12. The highest BCUT2D eigenvalue weighted by Crippen LogP contribution is 2.31. The van der Waals surface area contributed by atoms with E-state index >= 15 is 0 Å². The number of amides is 1. The van der Waals surface area contributed by atoms with Crippen molar-refractivity contribution in [3.8, 4) is 0 Å². The Morgan fingerprint density at radius 2 is 1.77 bits per heavy atom. The molecule has 2 N–H and O–H groups in total. The van der Waals surface area contributed by atoms with Gasteiger partial charge in [0.1, 0.15) is 5.58 Å². The number of carbonyl (C=O) groups is 1. The first-order valence-corrected chi connectivity index (χ1v) is 11.5. The molecule has 0 atom stereocenters. The Hall–Kier alpha value is -3.16. The molecule has 1 amide bonds. The Bertz CT molecular complexity index is 1390. The number of fused-ring (bicyclic) bond motifs is 3. The predicted octanol–water partition coefficient (Wildman–Crippen LogP) is 4.51. The molecule has 0 bridgehead atoms. The Kier molecular flexibility index (Phi) is 5.56. The molecule has 160 valence electrons. The van der Waals surface area contributed by atoms with E-state index < -0.39 is 10.0 Å². The maximum Gasteiger partial charge on any atom is 0.287 e. The summed E-state index contributed by atoms with van der Waals surface area (Å²) in [5.74, 6) is -0.0806. The van der Waals surface area contributed by atoms with Gasteiger partial charge in [-0.3, -0.25) is 4.79 Å². The molecular weight excluding hydrogens is 412 g/mol. The molecule has 31 heavy (non-hydrogen) atoms. The van der Waals surface area contributed by atoms with Crippen molar-refractivity contribution in [3.05, 3.63) is 77.6 Å². The lowest BCUT2D eigenvalue weighted by Gasteiger charge is -2.11. The van der Waals surface area contributed by atoms with Gasteiger partial charge in [0.15, 0.2) is 5.76 Å². The molecule has 0 spiro atoms. The lowest BCUT2D eigenvalue weighted by Crippen LogP contribution is -2.30. The van der Waals surface area contributed by atoms with Gasteiger partial charge in [-0.2, -0.15) is 0 Å². The number of sulfonamides is 1. The van der Waals surface area contributed by atoms with E-state index in [1.54, 1.807) is 32.0 Å². The van der Waals surface area contributed by atoms with Gasteiger partial charge in [-0.1, -0.05) is 48.5 Å². The average Bonchev–Trinajstić information content (AvgIpc) is 3.08. The van der Waals surface area contributed by atoms with Crippen molar-refractivity contribution < 1.29 is 17.6 Å². The monoisotopic (exact) mass is 436 g/mol. The van der Waals surface area contributed by atoms with E-state index in [0.717, 1.165) is 21.7 Å². The first kappa shape index (κ1) is 21.1. The maximum atomic E-state index is 12.8. The van der Waals surface area contributed by atoms with Crippen LogP contribution in [-0.2, 0) is 16.6 Å². The highest BCUT2D eigenvalue weighted by molar-refractivity contribution is 7.89. The van der Waals surface area contributed by atoms with Crippen LogP contribution in [0, 0.1) is 6.92 Å². The van der Waals surface area contributed by atoms with Crippen LogP contribution in [0.2, 0.25) is 0 Å². The molecule has 6 nitrogen and oxygen atoms in total. The molecule has 0 aliphatic carbocycles. The molecule has 0 fully saturated rings. The van der Waals surface area contributed by atoms with Crippen LogP contribution in [0.15, 0.2) is 70.0 Å². The summed E-state index contributed by atoms with van der Waals surface area (Å²) in [5, 5.41) is 5.74. The quantitative estimate of drug-likeness (QED) is 0.465. The molecule has 4 rings (SSSR count). The highest BCUT2D eigenvalue weighted by atomic mass is 32.2. The van der Waals surface area contributed by atoms with Crippen LogP contribution >= 0.6 is 0 Å². The summed E-state index contributed by atoms with van der Waals surface area (Å²) >= 11 is 0. The standard InChI is InChI=1S/C24H24N2O4S/c1-15(2)26-31(28,29)19-9-6-7-17(13-19)14-25-24(27)22-16(3)20-12-11-18-8-4-5-10-21(18)23(20)30-22/h4-13,15,26H,14H2,1-3H3,(H,25,27). The minimum Gasteiger partial charge on any atom is -0.450 e. The molecule has 0 aliphatic heterocycles. The van der Waals surface area contributed by atoms with Gasteiger partial charge in [-0.25, -0.2) is 13.1 Å². The second kappa shape index (κ2) is 8.17. The summed E-state index contributed by atoms with van der Waals surface area (Å²) < 4.78 is 33.3. The van der Waals surface area contributed by atoms with Gasteiger partial charge in [-0.05, 0) is 43.9 Å². The number of hydrogen-bond acceptors (Lipinski definition) is 4. The van der Waals surface area contributed by atoms with Crippen LogP contribution in [0.3, 0.4) is 0 Å². The second-order valence-electron chi connectivity index (χ2n) is 7.83. The van der Waals surface area contributed by atoms with E-state index in [-0.39, 0.29) is 29.1 Å². The fourth-order valence-corrected chi connectivity index (χ4v) is 4.95. The lowest BCUT2D eigenvalue weighted by molar-refractivity contribution is 0.0924. The largest absolute Gasteiger partial charge is 0.450 e. The highest BCUT2D eigenvalue weighted by Gasteiger charge is 2.19. The van der Waals surface area contributed by atoms with Crippen LogP contribution in [0.1, 0.15) is 35.5 Å². The molecule has 0 radical (unpaired) electrons. The third-order valence-electron chi connectivity index (χ3n) is 5.09. The molecule has 0 aliphatic rings. The van der Waals surface area contributed by atoms with Crippen molar-refractivity contribution in [2.24, 2.45) is 0 Å². The predicted molar refractivity (Wildman–Crippen MR) is 122 cm³/mol. The van der Waals surface area contributed by atoms with Crippen molar-refractivity contribution in [1.82, 2.24) is 10.0 Å². The van der Waals surface area contributed by atoms with Crippen LogP contribution < -0.4 is 10.0 Å². The molecule has 0 unspecified atom stereocenters. The van der Waals surface area contributed by atoms with Crippen LogP contribution in [0.25, 0.3) is 21.7 Å². The minimum absolute atomic E-state index is 0.166. The lowest BCUT2D eigenvalue weighted by atomic mass is 10.1. The van der Waals surface area contributed by atoms with Crippen molar-refractivity contribution in [1.29, 1.82) is 0 Å².